The van der Waals surface area contributed by atoms with E-state index in [0.717, 1.165) is 12.8 Å². The van der Waals surface area contributed by atoms with Crippen molar-refractivity contribution in [2.75, 3.05) is 21.3 Å². The van der Waals surface area contributed by atoms with E-state index >= 15 is 0 Å². The Balaban J connectivity index is 2.33. The molecule has 5 nitrogen and oxygen atoms in total. The van der Waals surface area contributed by atoms with Gasteiger partial charge in [-0.15, -0.1) is 0 Å². The van der Waals surface area contributed by atoms with Crippen molar-refractivity contribution in [3.63, 3.8) is 0 Å². The summed E-state index contributed by atoms with van der Waals surface area (Å²) in [6.45, 7) is 0. The third kappa shape index (κ3) is 2.81. The minimum atomic E-state index is -0.846. The smallest absolute Gasteiger partial charge is 0.325 e. The lowest BCUT2D eigenvalue weighted by Gasteiger charge is -2.25. The van der Waals surface area contributed by atoms with Crippen LogP contribution in [-0.4, -0.2) is 43.3 Å². The van der Waals surface area contributed by atoms with Gasteiger partial charge in [0.25, 0.3) is 0 Å². The standard InChI is InChI=1S/C14H19NO4/c1-15(10-5-6-10)13(14(16)17)9-4-7-11(18-2)12(8-9)19-3/h4,7-8,10,13H,5-6H2,1-3H3,(H,16,17). The first-order valence-corrected chi connectivity index (χ1v) is 6.25. The highest BCUT2D eigenvalue weighted by atomic mass is 16.5. The average Bonchev–Trinajstić information content (AvgIpc) is 3.22. The highest BCUT2D eigenvalue weighted by Crippen LogP contribution is 2.36. The van der Waals surface area contributed by atoms with Crippen LogP contribution >= 0.6 is 0 Å². The second-order valence-electron chi connectivity index (χ2n) is 4.75. The molecule has 1 aliphatic rings. The van der Waals surface area contributed by atoms with Gasteiger partial charge in [-0.1, -0.05) is 6.07 Å². The molecule has 1 atom stereocenters. The molecule has 104 valence electrons. The predicted octanol–water partition coefficient (Wildman–Crippen LogP) is 1.92. The molecule has 0 radical (unpaired) electrons. The maximum absolute atomic E-state index is 11.5. The molecule has 19 heavy (non-hydrogen) atoms. The summed E-state index contributed by atoms with van der Waals surface area (Å²) in [6, 6.07) is 4.97. The van der Waals surface area contributed by atoms with E-state index in [0.29, 0.717) is 23.1 Å². The topological polar surface area (TPSA) is 59.0 Å². The fraction of sp³-hybridized carbons (Fsp3) is 0.500. The molecule has 0 aliphatic heterocycles. The molecule has 1 aliphatic carbocycles. The van der Waals surface area contributed by atoms with E-state index < -0.39 is 12.0 Å². The normalized spacial score (nSPS) is 16.2. The van der Waals surface area contributed by atoms with Gasteiger partial charge in [-0.3, -0.25) is 9.69 Å². The summed E-state index contributed by atoms with van der Waals surface area (Å²) in [6.07, 6.45) is 2.13. The molecule has 0 heterocycles. The van der Waals surface area contributed by atoms with Crippen LogP contribution in [0.25, 0.3) is 0 Å². The van der Waals surface area contributed by atoms with Gasteiger partial charge in [0.05, 0.1) is 14.2 Å². The summed E-state index contributed by atoms with van der Waals surface area (Å²) in [4.78, 5) is 13.4. The Hall–Kier alpha value is -1.75. The molecule has 1 unspecified atom stereocenters. The van der Waals surface area contributed by atoms with E-state index in [1.165, 1.54) is 0 Å². The van der Waals surface area contributed by atoms with Crippen LogP contribution in [0.15, 0.2) is 18.2 Å². The lowest BCUT2D eigenvalue weighted by Crippen LogP contribution is -2.32. The van der Waals surface area contributed by atoms with E-state index in [4.69, 9.17) is 9.47 Å². The van der Waals surface area contributed by atoms with Gasteiger partial charge in [0.15, 0.2) is 11.5 Å². The number of benzene rings is 1. The molecule has 0 bridgehead atoms. The van der Waals surface area contributed by atoms with Gasteiger partial charge in [-0.25, -0.2) is 0 Å². The average molecular weight is 265 g/mol. The molecule has 1 saturated carbocycles. The van der Waals surface area contributed by atoms with Crippen molar-refractivity contribution in [1.82, 2.24) is 4.90 Å². The zero-order valence-corrected chi connectivity index (χ0v) is 11.4. The van der Waals surface area contributed by atoms with Gasteiger partial charge in [0.1, 0.15) is 6.04 Å². The quantitative estimate of drug-likeness (QED) is 0.851. The molecule has 5 heteroatoms. The number of carboxylic acids is 1. The number of ether oxygens (including phenoxy) is 2. The molecule has 0 saturated heterocycles. The van der Waals surface area contributed by atoms with Gasteiger partial charge in [-0.2, -0.15) is 0 Å². The van der Waals surface area contributed by atoms with E-state index in [1.807, 2.05) is 11.9 Å². The van der Waals surface area contributed by atoms with Crippen molar-refractivity contribution >= 4 is 5.97 Å². The second kappa shape index (κ2) is 5.48. The van der Waals surface area contributed by atoms with E-state index in [-0.39, 0.29) is 0 Å². The largest absolute Gasteiger partial charge is 0.493 e. The van der Waals surface area contributed by atoms with Gasteiger partial charge in [0.2, 0.25) is 0 Å². The van der Waals surface area contributed by atoms with Crippen molar-refractivity contribution < 1.29 is 19.4 Å². The highest BCUT2D eigenvalue weighted by molar-refractivity contribution is 5.76. The van der Waals surface area contributed by atoms with Crippen LogP contribution in [0.3, 0.4) is 0 Å². The fourth-order valence-electron chi connectivity index (χ4n) is 2.27. The van der Waals surface area contributed by atoms with Crippen molar-refractivity contribution in [2.45, 2.75) is 24.9 Å². The van der Waals surface area contributed by atoms with Crippen LogP contribution in [0.2, 0.25) is 0 Å². The van der Waals surface area contributed by atoms with Crippen LogP contribution in [0.1, 0.15) is 24.4 Å². The van der Waals surface area contributed by atoms with Gasteiger partial charge in [0, 0.05) is 6.04 Å². The van der Waals surface area contributed by atoms with Gasteiger partial charge < -0.3 is 14.6 Å². The molecule has 1 aromatic rings. The minimum Gasteiger partial charge on any atom is -0.493 e. The first kappa shape index (κ1) is 13.7. The highest BCUT2D eigenvalue weighted by Gasteiger charge is 2.35. The van der Waals surface area contributed by atoms with Crippen LogP contribution in [0, 0.1) is 0 Å². The number of nitrogens with zero attached hydrogens (tertiary/aromatic N) is 1. The van der Waals surface area contributed by atoms with Gasteiger partial charge in [-0.05, 0) is 37.6 Å². The van der Waals surface area contributed by atoms with E-state index in [1.54, 1.807) is 32.4 Å². The summed E-state index contributed by atoms with van der Waals surface area (Å²) in [7, 11) is 4.96. The molecular weight excluding hydrogens is 246 g/mol. The van der Waals surface area contributed by atoms with Crippen molar-refractivity contribution in [3.05, 3.63) is 23.8 Å². The van der Waals surface area contributed by atoms with E-state index in [9.17, 15) is 9.90 Å². The molecule has 1 N–H and O–H groups in total. The van der Waals surface area contributed by atoms with Crippen molar-refractivity contribution in [1.29, 1.82) is 0 Å². The molecule has 0 spiro atoms. The maximum Gasteiger partial charge on any atom is 0.325 e. The van der Waals surface area contributed by atoms with Crippen molar-refractivity contribution in [3.8, 4) is 11.5 Å². The Morgan fingerprint density at radius 1 is 1.32 bits per heavy atom. The maximum atomic E-state index is 11.5. The Bertz CT molecular complexity index is 471. The van der Waals surface area contributed by atoms with Crippen molar-refractivity contribution in [2.24, 2.45) is 0 Å². The molecule has 1 fully saturated rings. The molecule has 2 rings (SSSR count). The zero-order chi connectivity index (χ0) is 14.0. The summed E-state index contributed by atoms with van der Waals surface area (Å²) in [5.74, 6) is 0.307. The molecular formula is C14H19NO4. The number of hydrogen-bond acceptors (Lipinski definition) is 4. The Labute approximate surface area is 112 Å². The number of likely N-dealkylation sites (N-methyl/N-ethyl adjacent to an activating group) is 1. The molecule has 0 amide bonds. The molecule has 1 aromatic carbocycles. The third-order valence-electron chi connectivity index (χ3n) is 3.49. The number of methoxy groups -OCH3 is 2. The number of carbonyl (C=O) groups is 1. The summed E-state index contributed by atoms with van der Waals surface area (Å²) >= 11 is 0. The number of rotatable bonds is 6. The SMILES string of the molecule is COc1ccc(C(C(=O)O)N(C)C2CC2)cc1OC. The third-order valence-corrected chi connectivity index (χ3v) is 3.49. The lowest BCUT2D eigenvalue weighted by molar-refractivity contribution is -0.143. The first-order chi connectivity index (χ1) is 9.08. The number of hydrogen-bond donors (Lipinski definition) is 1. The van der Waals surface area contributed by atoms with Gasteiger partial charge >= 0.3 is 5.97 Å². The lowest BCUT2D eigenvalue weighted by atomic mass is 10.0. The minimum absolute atomic E-state index is 0.370. The summed E-state index contributed by atoms with van der Waals surface area (Å²) in [5.41, 5.74) is 0.708. The Morgan fingerprint density at radius 3 is 2.42 bits per heavy atom. The molecule has 0 aromatic heterocycles. The zero-order valence-electron chi connectivity index (χ0n) is 11.4. The fourth-order valence-corrected chi connectivity index (χ4v) is 2.27. The van der Waals surface area contributed by atoms with Crippen LogP contribution in [0.5, 0.6) is 11.5 Å². The van der Waals surface area contributed by atoms with Crippen LogP contribution in [0.4, 0.5) is 0 Å². The summed E-state index contributed by atoms with van der Waals surface area (Å²) < 4.78 is 10.4. The number of aliphatic carboxylic acids is 1. The second-order valence-corrected chi connectivity index (χ2v) is 4.75. The number of carboxylic acid groups (broad SMARTS) is 1. The predicted molar refractivity (Wildman–Crippen MR) is 70.7 cm³/mol. The van der Waals surface area contributed by atoms with E-state index in [2.05, 4.69) is 0 Å². The first-order valence-electron chi connectivity index (χ1n) is 6.25. The van der Waals surface area contributed by atoms with Crippen LogP contribution in [-0.2, 0) is 4.79 Å². The van der Waals surface area contributed by atoms with Crippen LogP contribution < -0.4 is 9.47 Å². The Morgan fingerprint density at radius 2 is 1.95 bits per heavy atom. The summed E-state index contributed by atoms with van der Waals surface area (Å²) in [5, 5.41) is 9.45. The Kier molecular flexibility index (Phi) is 3.95. The monoisotopic (exact) mass is 265 g/mol.